The van der Waals surface area contributed by atoms with Crippen LogP contribution in [-0.4, -0.2) is 27.4 Å². The third-order valence-corrected chi connectivity index (χ3v) is 7.75. The van der Waals surface area contributed by atoms with Gasteiger partial charge in [0.25, 0.3) is 5.91 Å². The lowest BCUT2D eigenvalue weighted by Crippen LogP contribution is -2.32. The van der Waals surface area contributed by atoms with Gasteiger partial charge in [0.05, 0.1) is 11.0 Å². The third-order valence-electron chi connectivity index (χ3n) is 7.39. The number of amides is 2. The van der Waals surface area contributed by atoms with Crippen molar-refractivity contribution < 1.29 is 9.59 Å². The fourth-order valence-corrected chi connectivity index (χ4v) is 4.93. The number of hydrogen-bond acceptors (Lipinski definition) is 3. The van der Waals surface area contributed by atoms with Crippen LogP contribution in [0.3, 0.4) is 0 Å². The number of nitrogens with one attached hydrogen (secondary N) is 2. The summed E-state index contributed by atoms with van der Waals surface area (Å²) in [6.45, 7) is 2.49. The highest BCUT2D eigenvalue weighted by Gasteiger charge is 2.44. The van der Waals surface area contributed by atoms with Crippen molar-refractivity contribution in [2.24, 2.45) is 12.5 Å². The summed E-state index contributed by atoms with van der Waals surface area (Å²) in [5.41, 5.74) is 4.21. The second kappa shape index (κ2) is 9.06. The molecule has 6 nitrogen and oxygen atoms in total. The molecular weight excluding hydrogens is 448 g/mol. The summed E-state index contributed by atoms with van der Waals surface area (Å²) in [5, 5.41) is 6.87. The van der Waals surface area contributed by atoms with Crippen molar-refractivity contribution in [2.75, 3.05) is 0 Å². The third kappa shape index (κ3) is 4.69. The normalized spacial score (nSPS) is 17.1. The Kier molecular flexibility index (Phi) is 6.11. The molecule has 2 amide bonds. The first-order chi connectivity index (χ1) is 16.3. The summed E-state index contributed by atoms with van der Waals surface area (Å²) < 4.78 is 2.05. The van der Waals surface area contributed by atoms with E-state index in [1.165, 1.54) is 12.8 Å². The predicted octanol–water partition coefficient (Wildman–Crippen LogP) is 4.91. The monoisotopic (exact) mass is 478 g/mol. The van der Waals surface area contributed by atoms with Gasteiger partial charge in [0.1, 0.15) is 5.82 Å². The molecule has 0 aliphatic heterocycles. The zero-order valence-electron chi connectivity index (χ0n) is 19.8. The Labute approximate surface area is 205 Å². The number of benzene rings is 2. The van der Waals surface area contributed by atoms with E-state index in [4.69, 9.17) is 16.6 Å². The second-order valence-corrected chi connectivity index (χ2v) is 10.5. The van der Waals surface area contributed by atoms with E-state index in [2.05, 4.69) is 10.6 Å². The maximum absolute atomic E-state index is 12.7. The van der Waals surface area contributed by atoms with Crippen molar-refractivity contribution in [3.05, 3.63) is 63.9 Å². The van der Waals surface area contributed by atoms with Crippen molar-refractivity contribution in [3.63, 3.8) is 0 Å². The molecule has 3 aromatic rings. The Bertz CT molecular complexity index is 1250. The highest BCUT2D eigenvalue weighted by molar-refractivity contribution is 6.31. The molecule has 2 aliphatic carbocycles. The average Bonchev–Trinajstić information content (AvgIpc) is 3.24. The molecule has 34 heavy (non-hydrogen) atoms. The van der Waals surface area contributed by atoms with Gasteiger partial charge in [0, 0.05) is 42.1 Å². The van der Waals surface area contributed by atoms with Gasteiger partial charge in [-0.15, -0.1) is 0 Å². The molecule has 0 atom stereocenters. The highest BCUT2D eigenvalue weighted by Crippen LogP contribution is 2.45. The molecule has 2 fully saturated rings. The van der Waals surface area contributed by atoms with E-state index in [-0.39, 0.29) is 23.3 Å². The number of halogens is 1. The van der Waals surface area contributed by atoms with E-state index in [1.807, 2.05) is 54.9 Å². The van der Waals surface area contributed by atoms with Crippen molar-refractivity contribution in [2.45, 2.75) is 64.5 Å². The Morgan fingerprint density at radius 2 is 1.91 bits per heavy atom. The topological polar surface area (TPSA) is 76.0 Å². The lowest BCUT2D eigenvalue weighted by Gasteiger charge is -2.12. The van der Waals surface area contributed by atoms with Gasteiger partial charge in [0.2, 0.25) is 5.91 Å². The molecule has 1 aromatic heterocycles. The van der Waals surface area contributed by atoms with Gasteiger partial charge in [-0.2, -0.15) is 0 Å². The number of aryl methyl sites for hydroxylation is 1. The summed E-state index contributed by atoms with van der Waals surface area (Å²) in [6, 6.07) is 11.9. The minimum absolute atomic E-state index is 0.0288. The molecule has 0 radical (unpaired) electrons. The molecule has 2 aliphatic rings. The standard InChI is InChI=1S/C27H31ClN4O2/c1-27(11-12-27)26(34)29-16-17-7-9-21(28)19(13-17)15-24-31-22-14-18(8-10-23(22)32(24)2)25(33)30-20-5-3-4-6-20/h7-10,13-14,20H,3-6,11-12,15-16H2,1-2H3,(H,29,34)(H,30,33). The summed E-state index contributed by atoms with van der Waals surface area (Å²) in [5.74, 6) is 0.961. The minimum Gasteiger partial charge on any atom is -0.352 e. The lowest BCUT2D eigenvalue weighted by atomic mass is 10.1. The van der Waals surface area contributed by atoms with Crippen molar-refractivity contribution in [3.8, 4) is 0 Å². The van der Waals surface area contributed by atoms with Gasteiger partial charge in [-0.1, -0.05) is 43.5 Å². The van der Waals surface area contributed by atoms with Crippen LogP contribution in [0.4, 0.5) is 0 Å². The van der Waals surface area contributed by atoms with E-state index < -0.39 is 0 Å². The number of rotatable bonds is 7. The smallest absolute Gasteiger partial charge is 0.251 e. The van der Waals surface area contributed by atoms with E-state index in [9.17, 15) is 9.59 Å². The number of carbonyl (C=O) groups excluding carboxylic acids is 2. The molecule has 0 saturated heterocycles. The number of fused-ring (bicyclic) bond motifs is 1. The molecule has 0 bridgehead atoms. The molecular formula is C27H31ClN4O2. The number of carbonyl (C=O) groups is 2. The van der Waals surface area contributed by atoms with Crippen molar-refractivity contribution in [1.82, 2.24) is 20.2 Å². The van der Waals surface area contributed by atoms with Crippen LogP contribution in [-0.2, 0) is 24.8 Å². The van der Waals surface area contributed by atoms with Gasteiger partial charge in [-0.05, 0) is 61.1 Å². The number of imidazole rings is 1. The first-order valence-electron chi connectivity index (χ1n) is 12.1. The second-order valence-electron chi connectivity index (χ2n) is 10.1. The van der Waals surface area contributed by atoms with Crippen LogP contribution in [0.15, 0.2) is 36.4 Å². The predicted molar refractivity (Wildman–Crippen MR) is 134 cm³/mol. The molecule has 2 saturated carbocycles. The molecule has 7 heteroatoms. The minimum atomic E-state index is -0.185. The van der Waals surface area contributed by atoms with Crippen LogP contribution in [0, 0.1) is 5.41 Å². The quantitative estimate of drug-likeness (QED) is 0.506. The number of aromatic nitrogens is 2. The first kappa shape index (κ1) is 22.9. The van der Waals surface area contributed by atoms with Crippen LogP contribution in [0.25, 0.3) is 11.0 Å². The fourth-order valence-electron chi connectivity index (χ4n) is 4.74. The molecule has 178 valence electrons. The van der Waals surface area contributed by atoms with Crippen molar-refractivity contribution in [1.29, 1.82) is 0 Å². The van der Waals surface area contributed by atoms with Crippen molar-refractivity contribution >= 4 is 34.4 Å². The highest BCUT2D eigenvalue weighted by atomic mass is 35.5. The summed E-state index contributed by atoms with van der Waals surface area (Å²) in [7, 11) is 1.98. The van der Waals surface area contributed by atoms with Gasteiger partial charge in [-0.25, -0.2) is 4.98 Å². The SMILES string of the molecule is Cn1c(Cc2cc(CNC(=O)C3(C)CC3)ccc2Cl)nc2cc(C(=O)NC3CCCC3)ccc21. The van der Waals surface area contributed by atoms with E-state index in [0.717, 1.165) is 53.7 Å². The lowest BCUT2D eigenvalue weighted by molar-refractivity contribution is -0.125. The maximum atomic E-state index is 12.7. The van der Waals surface area contributed by atoms with Crippen LogP contribution < -0.4 is 10.6 Å². The van der Waals surface area contributed by atoms with Crippen LogP contribution in [0.5, 0.6) is 0 Å². The number of hydrogen-bond donors (Lipinski definition) is 2. The summed E-state index contributed by atoms with van der Waals surface area (Å²) >= 11 is 6.51. The van der Waals surface area contributed by atoms with E-state index in [0.29, 0.717) is 23.6 Å². The maximum Gasteiger partial charge on any atom is 0.251 e. The zero-order chi connectivity index (χ0) is 23.9. The zero-order valence-corrected chi connectivity index (χ0v) is 20.5. The van der Waals surface area contributed by atoms with Gasteiger partial charge in [-0.3, -0.25) is 9.59 Å². The molecule has 5 rings (SSSR count). The molecule has 0 spiro atoms. The average molecular weight is 479 g/mol. The molecule has 0 unspecified atom stereocenters. The summed E-state index contributed by atoms with van der Waals surface area (Å²) in [4.78, 5) is 29.8. The molecule has 2 aromatic carbocycles. The van der Waals surface area contributed by atoms with E-state index >= 15 is 0 Å². The van der Waals surface area contributed by atoms with Crippen LogP contribution >= 0.6 is 11.6 Å². The Morgan fingerprint density at radius 1 is 1.15 bits per heavy atom. The Hall–Kier alpha value is -2.86. The number of nitrogens with zero attached hydrogens (tertiary/aromatic N) is 2. The van der Waals surface area contributed by atoms with Gasteiger partial charge in [0.15, 0.2) is 0 Å². The summed E-state index contributed by atoms with van der Waals surface area (Å²) in [6.07, 6.45) is 6.97. The van der Waals surface area contributed by atoms with Crippen LogP contribution in [0.2, 0.25) is 5.02 Å². The Morgan fingerprint density at radius 3 is 2.65 bits per heavy atom. The largest absolute Gasteiger partial charge is 0.352 e. The molecule has 2 N–H and O–H groups in total. The van der Waals surface area contributed by atoms with Crippen LogP contribution in [0.1, 0.15) is 72.8 Å². The molecule has 1 heterocycles. The van der Waals surface area contributed by atoms with Gasteiger partial charge >= 0.3 is 0 Å². The Balaban J connectivity index is 1.32. The first-order valence-corrected chi connectivity index (χ1v) is 12.5. The fraction of sp³-hybridized carbons (Fsp3) is 0.444. The van der Waals surface area contributed by atoms with Gasteiger partial charge < -0.3 is 15.2 Å². The van der Waals surface area contributed by atoms with E-state index in [1.54, 1.807) is 0 Å².